The van der Waals surface area contributed by atoms with Crippen molar-refractivity contribution in [3.05, 3.63) is 0 Å². The van der Waals surface area contributed by atoms with E-state index in [1.54, 1.807) is 34.6 Å². The van der Waals surface area contributed by atoms with Gasteiger partial charge in [-0.3, -0.25) is 9.59 Å². The van der Waals surface area contributed by atoms with Gasteiger partial charge in [-0.05, 0) is 58.8 Å². The summed E-state index contributed by atoms with van der Waals surface area (Å²) in [5.74, 6) is -5.09. The third-order valence-electron chi connectivity index (χ3n) is 6.00. The van der Waals surface area contributed by atoms with Crippen LogP contribution in [0.1, 0.15) is 73.1 Å². The first-order valence-corrected chi connectivity index (χ1v) is 11.0. The number of nitrogens with zero attached hydrogens (tertiary/aromatic N) is 1. The zero-order chi connectivity index (χ0) is 24.5. The first kappa shape index (κ1) is 26.4. The van der Waals surface area contributed by atoms with Gasteiger partial charge in [0, 0.05) is 6.42 Å². The number of hydrogen-bond donors (Lipinski definition) is 0. The van der Waals surface area contributed by atoms with Crippen LogP contribution in [0.25, 0.3) is 0 Å². The summed E-state index contributed by atoms with van der Waals surface area (Å²) in [6.45, 7) is 8.13. The van der Waals surface area contributed by atoms with Gasteiger partial charge >= 0.3 is 18.2 Å². The maximum Gasteiger partial charge on any atom is 0.416 e. The average molecular weight is 468 g/mol. The van der Waals surface area contributed by atoms with Crippen LogP contribution in [0.4, 0.5) is 22.4 Å². The molecule has 0 aromatic heterocycles. The van der Waals surface area contributed by atoms with E-state index in [0.29, 0.717) is 6.42 Å². The highest BCUT2D eigenvalue weighted by atomic mass is 19.4. The Kier molecular flexibility index (Phi) is 7.87. The van der Waals surface area contributed by atoms with Crippen LogP contribution in [-0.2, 0) is 19.1 Å². The predicted molar refractivity (Wildman–Crippen MR) is 107 cm³/mol. The van der Waals surface area contributed by atoms with Gasteiger partial charge in [0.1, 0.15) is 17.9 Å². The van der Waals surface area contributed by atoms with E-state index in [0.717, 1.165) is 4.90 Å². The van der Waals surface area contributed by atoms with Gasteiger partial charge in [0.05, 0.1) is 17.9 Å². The first-order valence-electron chi connectivity index (χ1n) is 11.0. The fourth-order valence-electron chi connectivity index (χ4n) is 4.10. The number of ether oxygens (including phenoxy) is 2. The van der Waals surface area contributed by atoms with Crippen LogP contribution in [0.5, 0.6) is 0 Å². The minimum Gasteiger partial charge on any atom is -0.460 e. The summed E-state index contributed by atoms with van der Waals surface area (Å²) >= 11 is 0. The normalized spacial score (nSPS) is 22.9. The molecule has 2 rings (SSSR count). The van der Waals surface area contributed by atoms with Gasteiger partial charge in [-0.2, -0.15) is 13.2 Å². The molecule has 2 aliphatic rings. The van der Waals surface area contributed by atoms with Crippen LogP contribution in [0, 0.1) is 17.8 Å². The maximum atomic E-state index is 15.1. The first-order chi connectivity index (χ1) is 14.5. The number of carbonyl (C=O) groups is 3. The number of cyclic esters (lactones) is 1. The van der Waals surface area contributed by atoms with E-state index in [9.17, 15) is 27.6 Å². The summed E-state index contributed by atoms with van der Waals surface area (Å²) in [7, 11) is 0. The molecule has 0 aromatic rings. The molecule has 6 nitrogen and oxygen atoms in total. The van der Waals surface area contributed by atoms with E-state index in [2.05, 4.69) is 0 Å². The van der Waals surface area contributed by atoms with Gasteiger partial charge in [-0.1, -0.05) is 13.8 Å². The molecule has 0 N–H and O–H groups in total. The van der Waals surface area contributed by atoms with E-state index in [1.165, 1.54) is 0 Å². The van der Waals surface area contributed by atoms with Gasteiger partial charge in [0.15, 0.2) is 0 Å². The van der Waals surface area contributed by atoms with E-state index >= 15 is 4.39 Å². The van der Waals surface area contributed by atoms with Crippen LogP contribution in [0.15, 0.2) is 0 Å². The van der Waals surface area contributed by atoms with Gasteiger partial charge in [-0.25, -0.2) is 14.1 Å². The molecule has 1 saturated carbocycles. The highest BCUT2D eigenvalue weighted by Gasteiger charge is 2.51. The Morgan fingerprint density at radius 3 is 2.22 bits per heavy atom. The Hall–Kier alpha value is -1.87. The molecule has 0 radical (unpaired) electrons. The van der Waals surface area contributed by atoms with Crippen LogP contribution < -0.4 is 0 Å². The van der Waals surface area contributed by atoms with Crippen LogP contribution in [0.2, 0.25) is 0 Å². The van der Waals surface area contributed by atoms with Crippen molar-refractivity contribution in [1.82, 2.24) is 4.90 Å². The number of halogens is 4. The topological polar surface area (TPSA) is 72.9 Å². The second-order valence-corrected chi connectivity index (χ2v) is 10.2. The van der Waals surface area contributed by atoms with E-state index < -0.39 is 72.6 Å². The van der Waals surface area contributed by atoms with Crippen LogP contribution in [-0.4, -0.2) is 53.0 Å². The second-order valence-electron chi connectivity index (χ2n) is 10.2. The molecule has 2 fully saturated rings. The lowest BCUT2D eigenvalue weighted by Crippen LogP contribution is -2.50. The van der Waals surface area contributed by atoms with Crippen molar-refractivity contribution < 1.29 is 41.4 Å². The molecule has 3 atom stereocenters. The second kappa shape index (κ2) is 9.55. The molecule has 1 aliphatic heterocycles. The molecule has 32 heavy (non-hydrogen) atoms. The molecule has 2 amide bonds. The van der Waals surface area contributed by atoms with Crippen molar-refractivity contribution in [3.63, 3.8) is 0 Å². The minimum absolute atomic E-state index is 0.0601. The smallest absolute Gasteiger partial charge is 0.416 e. The maximum absolute atomic E-state index is 15.1. The number of esters is 1. The molecule has 10 heteroatoms. The van der Waals surface area contributed by atoms with Gasteiger partial charge in [0.2, 0.25) is 5.91 Å². The fraction of sp³-hybridized carbons (Fsp3) is 0.864. The molecule has 184 valence electrons. The van der Waals surface area contributed by atoms with Crippen molar-refractivity contribution in [3.8, 4) is 0 Å². The van der Waals surface area contributed by atoms with E-state index in [4.69, 9.17) is 9.47 Å². The molecular weight excluding hydrogens is 434 g/mol. The summed E-state index contributed by atoms with van der Waals surface area (Å²) in [6.07, 6.45) is -7.15. The summed E-state index contributed by atoms with van der Waals surface area (Å²) in [5, 5.41) is 0. The molecular formula is C22H33F4NO5. The predicted octanol–water partition coefficient (Wildman–Crippen LogP) is 5.19. The SMILES string of the molecule is CC(C)[C@@H]1COC(=O)N1C(=O)[C@@H](CC1(F)CCC1)[C@@H](CCC(F)(F)F)C(=O)OC(C)(C)C. The summed E-state index contributed by atoms with van der Waals surface area (Å²) in [6, 6.07) is -0.642. The van der Waals surface area contributed by atoms with Crippen molar-refractivity contribution in [1.29, 1.82) is 0 Å². The Morgan fingerprint density at radius 2 is 1.78 bits per heavy atom. The number of imide groups is 1. The van der Waals surface area contributed by atoms with Crippen molar-refractivity contribution >= 4 is 18.0 Å². The number of carbonyl (C=O) groups excluding carboxylic acids is 3. The zero-order valence-electron chi connectivity index (χ0n) is 19.3. The van der Waals surface area contributed by atoms with Gasteiger partial charge in [0.25, 0.3) is 0 Å². The number of rotatable bonds is 8. The fourth-order valence-corrected chi connectivity index (χ4v) is 4.10. The summed E-state index contributed by atoms with van der Waals surface area (Å²) in [5.41, 5.74) is -2.78. The number of hydrogen-bond acceptors (Lipinski definition) is 5. The third kappa shape index (κ3) is 6.81. The van der Waals surface area contributed by atoms with Gasteiger partial charge < -0.3 is 9.47 Å². The van der Waals surface area contributed by atoms with E-state index in [-0.39, 0.29) is 25.4 Å². The summed E-state index contributed by atoms with van der Waals surface area (Å²) < 4.78 is 64.5. The van der Waals surface area contributed by atoms with Crippen molar-refractivity contribution in [2.45, 2.75) is 96.6 Å². The molecule has 1 heterocycles. The molecule has 0 unspecified atom stereocenters. The van der Waals surface area contributed by atoms with Crippen LogP contribution in [0.3, 0.4) is 0 Å². The quantitative estimate of drug-likeness (QED) is 0.363. The lowest BCUT2D eigenvalue weighted by atomic mass is 9.71. The number of amides is 2. The van der Waals surface area contributed by atoms with Crippen LogP contribution >= 0.6 is 0 Å². The monoisotopic (exact) mass is 467 g/mol. The molecule has 0 bridgehead atoms. The zero-order valence-corrected chi connectivity index (χ0v) is 19.3. The highest BCUT2D eigenvalue weighted by molar-refractivity contribution is 5.96. The molecule has 0 aromatic carbocycles. The lowest BCUT2D eigenvalue weighted by Gasteiger charge is -2.39. The Morgan fingerprint density at radius 1 is 1.19 bits per heavy atom. The minimum atomic E-state index is -4.58. The highest BCUT2D eigenvalue weighted by Crippen LogP contribution is 2.45. The summed E-state index contributed by atoms with van der Waals surface area (Å²) in [4.78, 5) is 39.6. The molecule has 0 spiro atoms. The van der Waals surface area contributed by atoms with Gasteiger partial charge in [-0.15, -0.1) is 0 Å². The standard InChI is InChI=1S/C22H33F4NO5/c1-13(2)16-12-31-19(30)27(16)17(28)15(11-21(23)8-6-9-21)14(7-10-22(24,25)26)18(29)32-20(3,4)5/h13-16H,6-12H2,1-5H3/t14-,15+,16+/m1/s1. The number of alkyl halides is 4. The van der Waals surface area contributed by atoms with E-state index in [1.807, 2.05) is 0 Å². The van der Waals surface area contributed by atoms with Crippen molar-refractivity contribution in [2.24, 2.45) is 17.8 Å². The average Bonchev–Trinajstić information content (AvgIpc) is 2.98. The largest absolute Gasteiger partial charge is 0.460 e. The molecule has 1 saturated heterocycles. The Labute approximate surface area is 186 Å². The molecule has 1 aliphatic carbocycles. The Bertz CT molecular complexity index is 712. The Balaban J connectivity index is 2.43. The van der Waals surface area contributed by atoms with Crippen molar-refractivity contribution in [2.75, 3.05) is 6.61 Å². The third-order valence-corrected chi connectivity index (χ3v) is 6.00. The lowest BCUT2D eigenvalue weighted by molar-refractivity contribution is -0.171.